The lowest BCUT2D eigenvalue weighted by Crippen LogP contribution is -2.44. The van der Waals surface area contributed by atoms with E-state index in [9.17, 15) is 9.59 Å². The van der Waals surface area contributed by atoms with Crippen LogP contribution < -0.4 is 10.2 Å². The number of aromatic nitrogens is 1. The Morgan fingerprint density at radius 2 is 1.57 bits per heavy atom. The summed E-state index contributed by atoms with van der Waals surface area (Å²) >= 11 is 0. The van der Waals surface area contributed by atoms with E-state index in [1.165, 1.54) is 0 Å². The molecule has 1 aliphatic heterocycles. The number of fused-ring (bicyclic) bond motifs is 2. The fraction of sp³-hybridized carbons (Fsp3) is 0.206. The molecule has 0 bridgehead atoms. The van der Waals surface area contributed by atoms with E-state index in [0.717, 1.165) is 75.9 Å². The first-order chi connectivity index (χ1) is 19.5. The van der Waals surface area contributed by atoms with Gasteiger partial charge in [-0.05, 0) is 65.7 Å². The fourth-order valence-electron chi connectivity index (χ4n) is 5.58. The van der Waals surface area contributed by atoms with Gasteiger partial charge in [-0.3, -0.25) is 14.6 Å². The largest absolute Gasteiger partial charge is 0.368 e. The third-order valence-corrected chi connectivity index (χ3v) is 7.81. The van der Waals surface area contributed by atoms with Gasteiger partial charge in [0.15, 0.2) is 5.78 Å². The molecule has 1 N–H and O–H groups in total. The zero-order chi connectivity index (χ0) is 27.6. The molecule has 40 heavy (non-hydrogen) atoms. The summed E-state index contributed by atoms with van der Waals surface area (Å²) in [5.41, 5.74) is 6.64. The predicted molar refractivity (Wildman–Crippen MR) is 163 cm³/mol. The van der Waals surface area contributed by atoms with Crippen molar-refractivity contribution >= 4 is 44.7 Å². The number of benzene rings is 4. The first kappa shape index (κ1) is 25.7. The maximum atomic E-state index is 13.3. The number of ketones is 1. The van der Waals surface area contributed by atoms with E-state index < -0.39 is 0 Å². The van der Waals surface area contributed by atoms with Gasteiger partial charge in [-0.25, -0.2) is 0 Å². The number of anilines is 2. The molecule has 1 aromatic heterocycles. The van der Waals surface area contributed by atoms with Crippen molar-refractivity contribution in [3.8, 4) is 11.1 Å². The van der Waals surface area contributed by atoms with E-state index in [1.54, 1.807) is 6.92 Å². The van der Waals surface area contributed by atoms with Crippen LogP contribution in [0.4, 0.5) is 11.4 Å². The predicted octanol–water partition coefficient (Wildman–Crippen LogP) is 6.19. The Kier molecular flexibility index (Phi) is 7.01. The molecular formula is C34H32N4O2. The van der Waals surface area contributed by atoms with E-state index in [0.29, 0.717) is 5.56 Å². The molecule has 0 spiro atoms. The van der Waals surface area contributed by atoms with Crippen molar-refractivity contribution in [2.24, 2.45) is 0 Å². The molecule has 0 unspecified atom stereocenters. The molecule has 1 amide bonds. The van der Waals surface area contributed by atoms with Crippen molar-refractivity contribution in [2.45, 2.75) is 13.3 Å². The Hall–Kier alpha value is -4.55. The minimum Gasteiger partial charge on any atom is -0.368 e. The van der Waals surface area contributed by atoms with Gasteiger partial charge in [-0.1, -0.05) is 60.7 Å². The summed E-state index contributed by atoms with van der Waals surface area (Å²) < 4.78 is 0. The monoisotopic (exact) mass is 528 g/mol. The van der Waals surface area contributed by atoms with Crippen LogP contribution in [-0.4, -0.2) is 54.8 Å². The number of nitrogens with zero attached hydrogens (tertiary/aromatic N) is 3. The third kappa shape index (κ3) is 5.18. The normalized spacial score (nSPS) is 14.0. The number of carbonyl (C=O) groups excluding carboxylic acids is 2. The highest BCUT2D eigenvalue weighted by molar-refractivity contribution is 6.03. The van der Waals surface area contributed by atoms with Gasteiger partial charge < -0.3 is 15.1 Å². The van der Waals surface area contributed by atoms with Crippen molar-refractivity contribution in [2.75, 3.05) is 43.4 Å². The highest BCUT2D eigenvalue weighted by atomic mass is 16.1. The van der Waals surface area contributed by atoms with Crippen LogP contribution >= 0.6 is 0 Å². The van der Waals surface area contributed by atoms with Crippen LogP contribution in [-0.2, 0) is 11.2 Å². The first-order valence-corrected chi connectivity index (χ1v) is 13.7. The molecule has 0 saturated carbocycles. The van der Waals surface area contributed by atoms with Crippen LogP contribution in [0.2, 0.25) is 0 Å². The number of rotatable bonds is 6. The zero-order valence-electron chi connectivity index (χ0n) is 22.9. The van der Waals surface area contributed by atoms with Crippen molar-refractivity contribution in [3.63, 3.8) is 0 Å². The Bertz CT molecular complexity index is 1720. The minimum atomic E-state index is -0.0619. The Morgan fingerprint density at radius 3 is 2.35 bits per heavy atom. The van der Waals surface area contributed by atoms with E-state index in [2.05, 4.69) is 51.4 Å². The van der Waals surface area contributed by atoms with Gasteiger partial charge in [0.05, 0.1) is 11.9 Å². The second kappa shape index (κ2) is 10.9. The number of hydrogen-bond acceptors (Lipinski definition) is 5. The molecule has 6 rings (SSSR count). The number of likely N-dealkylation sites (N-methyl/N-ethyl adjacent to an activating group) is 1. The SMILES string of the molecule is CC(=O)c1ccc(-c2cccc3c(CC(=O)Nc4ccc5nccc(N6CCN(C)CC6)c5c4)cccc23)cc1. The second-order valence-electron chi connectivity index (χ2n) is 10.5. The first-order valence-electron chi connectivity index (χ1n) is 13.7. The smallest absolute Gasteiger partial charge is 0.228 e. The van der Waals surface area contributed by atoms with Gasteiger partial charge >= 0.3 is 0 Å². The van der Waals surface area contributed by atoms with E-state index in [4.69, 9.17) is 0 Å². The molecule has 6 heteroatoms. The van der Waals surface area contributed by atoms with E-state index in [-0.39, 0.29) is 18.1 Å². The molecule has 0 aliphatic carbocycles. The van der Waals surface area contributed by atoms with Crippen molar-refractivity contribution < 1.29 is 9.59 Å². The number of Topliss-reactive ketones (excluding diaryl/α,β-unsaturated/α-hetero) is 1. The summed E-state index contributed by atoms with van der Waals surface area (Å²) in [7, 11) is 2.15. The lowest BCUT2D eigenvalue weighted by molar-refractivity contribution is -0.115. The molecule has 6 nitrogen and oxygen atoms in total. The molecule has 1 aliphatic rings. The fourth-order valence-corrected chi connectivity index (χ4v) is 5.58. The highest BCUT2D eigenvalue weighted by Crippen LogP contribution is 2.32. The van der Waals surface area contributed by atoms with Crippen molar-refractivity contribution in [1.29, 1.82) is 0 Å². The van der Waals surface area contributed by atoms with Gasteiger partial charge in [0.2, 0.25) is 5.91 Å². The topological polar surface area (TPSA) is 65.5 Å². The highest BCUT2D eigenvalue weighted by Gasteiger charge is 2.17. The number of amides is 1. The number of hydrogen-bond donors (Lipinski definition) is 1. The molecule has 2 heterocycles. The molecule has 5 aromatic rings. The summed E-state index contributed by atoms with van der Waals surface area (Å²) in [5.74, 6) is -0.0101. The van der Waals surface area contributed by atoms with Crippen LogP contribution in [0, 0.1) is 0 Å². The Balaban J connectivity index is 1.25. The standard InChI is InChI=1S/C34H32N4O2/c1-23(39)24-9-11-25(12-10-24)28-6-4-7-29-26(5-3-8-30(28)29)21-34(40)36-27-13-14-32-31(22-27)33(15-16-35-32)38-19-17-37(2)18-20-38/h3-16,22H,17-21H2,1-2H3,(H,36,40). The maximum absolute atomic E-state index is 13.3. The number of nitrogens with one attached hydrogen (secondary N) is 1. The summed E-state index contributed by atoms with van der Waals surface area (Å²) in [4.78, 5) is 34.3. The lowest BCUT2D eigenvalue weighted by atomic mass is 9.94. The van der Waals surface area contributed by atoms with Crippen LogP contribution in [0.15, 0.2) is 91.1 Å². The summed E-state index contributed by atoms with van der Waals surface area (Å²) in [6, 6.07) is 28.0. The van der Waals surface area contributed by atoms with E-state index >= 15 is 0 Å². The third-order valence-electron chi connectivity index (χ3n) is 7.81. The average Bonchev–Trinajstić information content (AvgIpc) is 2.97. The second-order valence-corrected chi connectivity index (χ2v) is 10.5. The number of piperazine rings is 1. The van der Waals surface area contributed by atoms with Crippen LogP contribution in [0.1, 0.15) is 22.8 Å². The van der Waals surface area contributed by atoms with Crippen LogP contribution in [0.25, 0.3) is 32.8 Å². The molecule has 1 fully saturated rings. The molecule has 1 saturated heterocycles. The summed E-state index contributed by atoms with van der Waals surface area (Å²) in [6.07, 6.45) is 2.13. The van der Waals surface area contributed by atoms with Gasteiger partial charge in [0.1, 0.15) is 0 Å². The van der Waals surface area contributed by atoms with Crippen molar-refractivity contribution in [3.05, 3.63) is 102 Å². The van der Waals surface area contributed by atoms with Crippen LogP contribution in [0.5, 0.6) is 0 Å². The Morgan fingerprint density at radius 1 is 0.825 bits per heavy atom. The Labute approximate surface area is 234 Å². The lowest BCUT2D eigenvalue weighted by Gasteiger charge is -2.34. The van der Waals surface area contributed by atoms with Gasteiger partial charge in [-0.2, -0.15) is 0 Å². The van der Waals surface area contributed by atoms with Gasteiger partial charge in [-0.15, -0.1) is 0 Å². The molecule has 200 valence electrons. The number of pyridine rings is 1. The minimum absolute atomic E-state index is 0.0518. The summed E-state index contributed by atoms with van der Waals surface area (Å²) in [5, 5.41) is 6.30. The molecular weight excluding hydrogens is 496 g/mol. The summed E-state index contributed by atoms with van der Waals surface area (Å²) in [6.45, 7) is 5.56. The average molecular weight is 529 g/mol. The van der Waals surface area contributed by atoms with Gasteiger partial charge in [0.25, 0.3) is 0 Å². The number of carbonyl (C=O) groups is 2. The van der Waals surface area contributed by atoms with Crippen LogP contribution in [0.3, 0.4) is 0 Å². The van der Waals surface area contributed by atoms with Gasteiger partial charge in [0, 0.05) is 54.7 Å². The van der Waals surface area contributed by atoms with Crippen molar-refractivity contribution in [1.82, 2.24) is 9.88 Å². The maximum Gasteiger partial charge on any atom is 0.228 e. The molecule has 0 atom stereocenters. The molecule has 4 aromatic carbocycles. The molecule has 0 radical (unpaired) electrons. The quantitative estimate of drug-likeness (QED) is 0.266. The van der Waals surface area contributed by atoms with E-state index in [1.807, 2.05) is 66.9 Å². The zero-order valence-corrected chi connectivity index (χ0v) is 22.9.